The van der Waals surface area contributed by atoms with Crippen molar-refractivity contribution in [2.45, 2.75) is 24.3 Å². The maximum Gasteiger partial charge on any atom is 0.326 e. The van der Waals surface area contributed by atoms with Crippen molar-refractivity contribution >= 4 is 33.6 Å². The van der Waals surface area contributed by atoms with E-state index >= 15 is 0 Å². The van der Waals surface area contributed by atoms with E-state index in [1.165, 1.54) is 21.3 Å². The van der Waals surface area contributed by atoms with Crippen molar-refractivity contribution in [3.8, 4) is 0 Å². The highest BCUT2D eigenvalue weighted by Crippen LogP contribution is 2.29. The van der Waals surface area contributed by atoms with Gasteiger partial charge in [-0.25, -0.2) is 18.1 Å². The van der Waals surface area contributed by atoms with E-state index in [9.17, 15) is 18.0 Å². The lowest BCUT2D eigenvalue weighted by molar-refractivity contribution is -0.132. The molecule has 32 heavy (non-hydrogen) atoms. The largest absolute Gasteiger partial charge is 0.326 e. The molecular weight excluding hydrogens is 452 g/mol. The molecule has 0 radical (unpaired) electrons. The van der Waals surface area contributed by atoms with Gasteiger partial charge < -0.3 is 5.32 Å². The van der Waals surface area contributed by atoms with Gasteiger partial charge in [0.2, 0.25) is 10.0 Å². The Kier molecular flexibility index (Phi) is 6.02. The third kappa shape index (κ3) is 4.13. The van der Waals surface area contributed by atoms with Crippen molar-refractivity contribution in [3.63, 3.8) is 0 Å². The van der Waals surface area contributed by atoms with Crippen molar-refractivity contribution in [2.24, 2.45) is 0 Å². The van der Waals surface area contributed by atoms with E-state index in [-0.39, 0.29) is 30.6 Å². The highest BCUT2D eigenvalue weighted by molar-refractivity contribution is 7.89. The smallest absolute Gasteiger partial charge is 0.319 e. The minimum atomic E-state index is -3.65. The Labute approximate surface area is 192 Å². The van der Waals surface area contributed by atoms with Crippen LogP contribution in [0.15, 0.2) is 53.4 Å². The molecule has 2 aliphatic heterocycles. The Morgan fingerprint density at radius 2 is 1.69 bits per heavy atom. The molecule has 0 aromatic heterocycles. The van der Waals surface area contributed by atoms with Crippen molar-refractivity contribution in [2.75, 3.05) is 32.8 Å². The lowest BCUT2D eigenvalue weighted by atomic mass is 9.91. The average molecular weight is 477 g/mol. The molecule has 0 bridgehead atoms. The Bertz CT molecular complexity index is 1150. The highest BCUT2D eigenvalue weighted by atomic mass is 35.5. The first-order chi connectivity index (χ1) is 15.1. The molecule has 4 rings (SSSR count). The first-order valence-electron chi connectivity index (χ1n) is 10.3. The fraction of sp³-hybridized carbons (Fsp3) is 0.364. The van der Waals surface area contributed by atoms with Crippen LogP contribution in [0.1, 0.15) is 18.1 Å². The number of amides is 3. The number of piperazine rings is 1. The Balaban J connectivity index is 1.41. The van der Waals surface area contributed by atoms with Gasteiger partial charge in [-0.1, -0.05) is 47.5 Å². The molecule has 0 saturated carbocycles. The van der Waals surface area contributed by atoms with Gasteiger partial charge in [-0.3, -0.25) is 9.69 Å². The Hall–Kier alpha value is -2.46. The van der Waals surface area contributed by atoms with Crippen molar-refractivity contribution < 1.29 is 18.0 Å². The molecule has 2 aromatic carbocycles. The molecule has 3 amide bonds. The molecule has 2 aliphatic rings. The minimum Gasteiger partial charge on any atom is -0.319 e. The average Bonchev–Trinajstić information content (AvgIpc) is 2.98. The topological polar surface area (TPSA) is 90.0 Å². The molecule has 1 atom stereocenters. The molecule has 2 fully saturated rings. The zero-order valence-electron chi connectivity index (χ0n) is 17.9. The van der Waals surface area contributed by atoms with Gasteiger partial charge in [-0.2, -0.15) is 4.31 Å². The lowest BCUT2D eigenvalue weighted by Crippen LogP contribution is -2.52. The number of aryl methyl sites for hydroxylation is 1. The first-order valence-corrected chi connectivity index (χ1v) is 12.1. The number of nitrogens with zero attached hydrogens (tertiary/aromatic N) is 3. The van der Waals surface area contributed by atoms with Crippen LogP contribution in [-0.4, -0.2) is 67.3 Å². The second kappa shape index (κ2) is 8.47. The predicted molar refractivity (Wildman–Crippen MR) is 121 cm³/mol. The summed E-state index contributed by atoms with van der Waals surface area (Å²) in [6.45, 7) is 5.09. The molecule has 0 aliphatic carbocycles. The maximum atomic E-state index is 13.1. The molecule has 2 heterocycles. The number of hydrogen-bond donors (Lipinski definition) is 1. The monoisotopic (exact) mass is 476 g/mol. The number of urea groups is 1. The lowest BCUT2D eigenvalue weighted by Gasteiger charge is -2.35. The fourth-order valence-electron chi connectivity index (χ4n) is 4.00. The van der Waals surface area contributed by atoms with Crippen molar-refractivity contribution in [1.29, 1.82) is 0 Å². The van der Waals surface area contributed by atoms with E-state index in [0.29, 0.717) is 18.1 Å². The molecule has 8 nitrogen and oxygen atoms in total. The minimum absolute atomic E-state index is 0.108. The number of rotatable bonds is 5. The van der Waals surface area contributed by atoms with E-state index in [0.717, 1.165) is 11.1 Å². The van der Waals surface area contributed by atoms with Gasteiger partial charge in [0.15, 0.2) is 0 Å². The first kappa shape index (κ1) is 22.7. The van der Waals surface area contributed by atoms with E-state index in [4.69, 9.17) is 11.6 Å². The van der Waals surface area contributed by atoms with Crippen LogP contribution in [0.2, 0.25) is 5.02 Å². The zero-order chi connectivity index (χ0) is 23.1. The fourth-order valence-corrected chi connectivity index (χ4v) is 5.72. The van der Waals surface area contributed by atoms with Crippen molar-refractivity contribution in [1.82, 2.24) is 19.4 Å². The highest BCUT2D eigenvalue weighted by Gasteiger charge is 2.49. The number of sulfonamides is 1. The number of imide groups is 1. The Morgan fingerprint density at radius 3 is 2.31 bits per heavy atom. The molecule has 2 saturated heterocycles. The quantitative estimate of drug-likeness (QED) is 0.669. The van der Waals surface area contributed by atoms with Gasteiger partial charge >= 0.3 is 6.03 Å². The number of benzene rings is 2. The SMILES string of the molecule is Cc1ccc([C@@]2(C)NC(=O)N(CN3CCN(S(=O)(=O)c4cccc(Cl)c4)CC3)C2=O)cc1. The van der Waals surface area contributed by atoms with Gasteiger partial charge in [0, 0.05) is 31.2 Å². The van der Waals surface area contributed by atoms with Crippen LogP contribution < -0.4 is 5.32 Å². The van der Waals surface area contributed by atoms with Crippen LogP contribution >= 0.6 is 11.6 Å². The normalized spacial score (nSPS) is 22.9. The van der Waals surface area contributed by atoms with Crippen LogP contribution in [0.5, 0.6) is 0 Å². The summed E-state index contributed by atoms with van der Waals surface area (Å²) in [7, 11) is -3.65. The van der Waals surface area contributed by atoms with Crippen LogP contribution in [0.25, 0.3) is 0 Å². The van der Waals surface area contributed by atoms with E-state index in [1.54, 1.807) is 19.1 Å². The molecular formula is C22H25ClN4O4S. The number of hydrogen-bond acceptors (Lipinski definition) is 5. The number of halogens is 1. The predicted octanol–water partition coefficient (Wildman–Crippen LogP) is 2.38. The molecule has 10 heteroatoms. The van der Waals surface area contributed by atoms with Gasteiger partial charge in [-0.15, -0.1) is 0 Å². The summed E-state index contributed by atoms with van der Waals surface area (Å²) in [6, 6.07) is 13.2. The van der Waals surface area contributed by atoms with Crippen LogP contribution in [0.3, 0.4) is 0 Å². The van der Waals surface area contributed by atoms with Crippen LogP contribution in [-0.2, 0) is 20.4 Å². The van der Waals surface area contributed by atoms with E-state index in [1.807, 2.05) is 36.1 Å². The van der Waals surface area contributed by atoms with Gasteiger partial charge in [-0.05, 0) is 37.6 Å². The van der Waals surface area contributed by atoms with Crippen molar-refractivity contribution in [3.05, 3.63) is 64.7 Å². The molecule has 1 N–H and O–H groups in total. The van der Waals surface area contributed by atoms with E-state index < -0.39 is 21.6 Å². The summed E-state index contributed by atoms with van der Waals surface area (Å²) in [5, 5.41) is 3.17. The second-order valence-electron chi connectivity index (χ2n) is 8.28. The summed E-state index contributed by atoms with van der Waals surface area (Å²) in [6.07, 6.45) is 0. The molecule has 2 aromatic rings. The summed E-state index contributed by atoms with van der Waals surface area (Å²) in [4.78, 5) is 29.0. The molecule has 0 unspecified atom stereocenters. The number of carbonyl (C=O) groups excluding carboxylic acids is 2. The zero-order valence-corrected chi connectivity index (χ0v) is 19.5. The standard InChI is InChI=1S/C22H25ClN4O4S/c1-16-6-8-17(9-7-16)22(2)20(28)27(21(29)24-22)15-25-10-12-26(13-11-25)32(30,31)19-5-3-4-18(23)14-19/h3-9,14H,10-13,15H2,1-2H3,(H,24,29)/t22-/m1/s1. The summed E-state index contributed by atoms with van der Waals surface area (Å²) in [5.74, 6) is -0.319. The summed E-state index contributed by atoms with van der Waals surface area (Å²) >= 11 is 5.94. The summed E-state index contributed by atoms with van der Waals surface area (Å²) < 4.78 is 27.2. The molecule has 170 valence electrons. The maximum absolute atomic E-state index is 13.1. The second-order valence-corrected chi connectivity index (χ2v) is 10.6. The number of carbonyl (C=O) groups is 2. The number of nitrogens with one attached hydrogen (secondary N) is 1. The van der Waals surface area contributed by atoms with Gasteiger partial charge in [0.25, 0.3) is 5.91 Å². The Morgan fingerprint density at radius 1 is 1.03 bits per heavy atom. The van der Waals surface area contributed by atoms with Gasteiger partial charge in [0.1, 0.15) is 5.54 Å². The van der Waals surface area contributed by atoms with Gasteiger partial charge in [0.05, 0.1) is 11.6 Å². The molecule has 0 spiro atoms. The third-order valence-corrected chi connectivity index (χ3v) is 8.14. The summed E-state index contributed by atoms with van der Waals surface area (Å²) in [5.41, 5.74) is 0.667. The third-order valence-electron chi connectivity index (χ3n) is 6.01. The van der Waals surface area contributed by atoms with Crippen LogP contribution in [0.4, 0.5) is 4.79 Å². The van der Waals surface area contributed by atoms with Crippen LogP contribution in [0, 0.1) is 6.92 Å². The van der Waals surface area contributed by atoms with E-state index in [2.05, 4.69) is 5.32 Å².